The van der Waals surface area contributed by atoms with Crippen molar-refractivity contribution in [1.82, 2.24) is 5.32 Å². The standard InChI is InChI=1S/C26H25NO3/c28-22-10-4-8-20-25(22)24(26-21(27-20)9-5-11-23(26)29)18-12-14-19(15-13-18)30-16-17-6-2-1-3-7-17/h1-3,6-7,12-15,24,27H,4-5,8-11,16H2. The molecule has 0 unspecified atom stereocenters. The molecule has 152 valence electrons. The third-order valence-electron chi connectivity index (χ3n) is 6.25. The summed E-state index contributed by atoms with van der Waals surface area (Å²) in [6.07, 6.45) is 4.63. The molecule has 30 heavy (non-hydrogen) atoms. The average molecular weight is 399 g/mol. The third kappa shape index (κ3) is 3.47. The van der Waals surface area contributed by atoms with Gasteiger partial charge in [0.1, 0.15) is 12.4 Å². The second kappa shape index (κ2) is 7.94. The predicted molar refractivity (Wildman–Crippen MR) is 115 cm³/mol. The summed E-state index contributed by atoms with van der Waals surface area (Å²) in [4.78, 5) is 25.7. The van der Waals surface area contributed by atoms with E-state index in [9.17, 15) is 9.59 Å². The van der Waals surface area contributed by atoms with E-state index in [4.69, 9.17) is 4.74 Å². The number of ether oxygens (including phenoxy) is 1. The fourth-order valence-corrected chi connectivity index (χ4v) is 4.81. The van der Waals surface area contributed by atoms with Crippen LogP contribution in [0.25, 0.3) is 0 Å². The summed E-state index contributed by atoms with van der Waals surface area (Å²) < 4.78 is 5.92. The number of ketones is 2. The van der Waals surface area contributed by atoms with Crippen LogP contribution in [0, 0.1) is 0 Å². The van der Waals surface area contributed by atoms with Crippen LogP contribution in [0.5, 0.6) is 5.75 Å². The molecular weight excluding hydrogens is 374 g/mol. The molecule has 2 aromatic carbocycles. The Morgan fingerprint density at radius 3 is 1.97 bits per heavy atom. The highest BCUT2D eigenvalue weighted by atomic mass is 16.5. The molecule has 2 aromatic rings. The Morgan fingerprint density at radius 1 is 0.767 bits per heavy atom. The summed E-state index contributed by atoms with van der Waals surface area (Å²) in [5, 5.41) is 3.46. The summed E-state index contributed by atoms with van der Waals surface area (Å²) in [7, 11) is 0. The summed E-state index contributed by atoms with van der Waals surface area (Å²) in [5.41, 5.74) is 5.75. The number of rotatable bonds is 4. The van der Waals surface area contributed by atoms with E-state index in [1.165, 1.54) is 0 Å². The van der Waals surface area contributed by atoms with Gasteiger partial charge in [-0.1, -0.05) is 42.5 Å². The van der Waals surface area contributed by atoms with E-state index >= 15 is 0 Å². The summed E-state index contributed by atoms with van der Waals surface area (Å²) in [5.74, 6) is 0.871. The van der Waals surface area contributed by atoms with Gasteiger partial charge in [-0.05, 0) is 48.9 Å². The maximum absolute atomic E-state index is 12.9. The first-order chi connectivity index (χ1) is 14.7. The van der Waals surface area contributed by atoms with E-state index in [0.29, 0.717) is 19.4 Å². The largest absolute Gasteiger partial charge is 0.489 e. The number of hydrogen-bond acceptors (Lipinski definition) is 4. The third-order valence-corrected chi connectivity index (χ3v) is 6.25. The first-order valence-electron chi connectivity index (χ1n) is 10.8. The number of hydrogen-bond donors (Lipinski definition) is 1. The molecule has 4 heteroatoms. The second-order valence-corrected chi connectivity index (χ2v) is 8.24. The summed E-state index contributed by atoms with van der Waals surface area (Å²) >= 11 is 0. The van der Waals surface area contributed by atoms with Crippen LogP contribution in [-0.4, -0.2) is 11.6 Å². The molecule has 2 aliphatic carbocycles. The van der Waals surface area contributed by atoms with Gasteiger partial charge in [0, 0.05) is 41.3 Å². The van der Waals surface area contributed by atoms with Crippen LogP contribution in [0.2, 0.25) is 0 Å². The molecule has 0 radical (unpaired) electrons. The monoisotopic (exact) mass is 399 g/mol. The molecule has 0 fully saturated rings. The molecule has 5 rings (SSSR count). The van der Waals surface area contributed by atoms with Crippen molar-refractivity contribution < 1.29 is 14.3 Å². The van der Waals surface area contributed by atoms with Crippen LogP contribution in [0.3, 0.4) is 0 Å². The van der Waals surface area contributed by atoms with Crippen molar-refractivity contribution >= 4 is 11.6 Å². The Hall–Kier alpha value is -3.14. The molecule has 3 aliphatic rings. The lowest BCUT2D eigenvalue weighted by atomic mass is 9.71. The van der Waals surface area contributed by atoms with Crippen molar-refractivity contribution in [2.45, 2.75) is 51.0 Å². The lowest BCUT2D eigenvalue weighted by Gasteiger charge is -2.37. The first-order valence-corrected chi connectivity index (χ1v) is 10.8. The topological polar surface area (TPSA) is 55.4 Å². The Kier molecular flexibility index (Phi) is 4.99. The van der Waals surface area contributed by atoms with E-state index in [1.807, 2.05) is 54.6 Å². The highest BCUT2D eigenvalue weighted by Gasteiger charge is 2.40. The second-order valence-electron chi connectivity index (χ2n) is 8.24. The zero-order valence-electron chi connectivity index (χ0n) is 16.9. The average Bonchev–Trinajstić information content (AvgIpc) is 2.78. The van der Waals surface area contributed by atoms with Gasteiger partial charge in [-0.15, -0.1) is 0 Å². The first kappa shape index (κ1) is 18.9. The van der Waals surface area contributed by atoms with Gasteiger partial charge in [0.05, 0.1) is 0 Å². The quantitative estimate of drug-likeness (QED) is 0.789. The Bertz CT molecular complexity index is 1010. The van der Waals surface area contributed by atoms with E-state index in [0.717, 1.165) is 65.1 Å². The van der Waals surface area contributed by atoms with Crippen LogP contribution in [0.1, 0.15) is 55.6 Å². The van der Waals surface area contributed by atoms with E-state index in [1.54, 1.807) is 0 Å². The summed E-state index contributed by atoms with van der Waals surface area (Å²) in [6, 6.07) is 18.0. The van der Waals surface area contributed by atoms with Crippen molar-refractivity contribution in [3.63, 3.8) is 0 Å². The molecule has 0 spiro atoms. The maximum atomic E-state index is 12.9. The van der Waals surface area contributed by atoms with Crippen LogP contribution in [0.15, 0.2) is 77.1 Å². The Balaban J connectivity index is 1.46. The van der Waals surface area contributed by atoms with E-state index in [-0.39, 0.29) is 17.5 Å². The highest BCUT2D eigenvalue weighted by molar-refractivity contribution is 6.06. The van der Waals surface area contributed by atoms with Crippen molar-refractivity contribution in [2.75, 3.05) is 0 Å². The van der Waals surface area contributed by atoms with Gasteiger partial charge in [0.15, 0.2) is 11.6 Å². The normalized spacial score (nSPS) is 19.3. The van der Waals surface area contributed by atoms with Crippen LogP contribution >= 0.6 is 0 Å². The zero-order chi connectivity index (χ0) is 20.5. The van der Waals surface area contributed by atoms with Gasteiger partial charge in [-0.3, -0.25) is 9.59 Å². The lowest BCUT2D eigenvalue weighted by molar-refractivity contribution is -0.116. The number of benzene rings is 2. The van der Waals surface area contributed by atoms with E-state index < -0.39 is 0 Å². The number of carbonyl (C=O) groups is 2. The fraction of sp³-hybridized carbons (Fsp3) is 0.308. The smallest absolute Gasteiger partial charge is 0.161 e. The molecule has 0 bridgehead atoms. The van der Waals surface area contributed by atoms with Crippen molar-refractivity contribution in [1.29, 1.82) is 0 Å². The minimum Gasteiger partial charge on any atom is -0.489 e. The van der Waals surface area contributed by atoms with Gasteiger partial charge >= 0.3 is 0 Å². The molecular formula is C26H25NO3. The van der Waals surface area contributed by atoms with E-state index in [2.05, 4.69) is 5.32 Å². The molecule has 1 N–H and O–H groups in total. The predicted octanol–water partition coefficient (Wildman–Crippen LogP) is 4.97. The van der Waals surface area contributed by atoms with Gasteiger partial charge in [0.25, 0.3) is 0 Å². The highest BCUT2D eigenvalue weighted by Crippen LogP contribution is 2.45. The fourth-order valence-electron chi connectivity index (χ4n) is 4.81. The number of Topliss-reactive ketones (excluding diaryl/α,β-unsaturated/α-hetero) is 2. The molecule has 1 aliphatic heterocycles. The minimum atomic E-state index is -0.250. The maximum Gasteiger partial charge on any atom is 0.161 e. The van der Waals surface area contributed by atoms with Gasteiger partial charge in [-0.25, -0.2) is 0 Å². The number of dihydropyridines is 1. The molecule has 1 heterocycles. The van der Waals surface area contributed by atoms with Crippen LogP contribution in [-0.2, 0) is 16.2 Å². The SMILES string of the molecule is O=C1CCCC2=C1C(c1ccc(OCc3ccccc3)cc1)C1=C(CCCC1=O)N2. The van der Waals surface area contributed by atoms with Gasteiger partial charge < -0.3 is 10.1 Å². The summed E-state index contributed by atoms with van der Waals surface area (Å²) in [6.45, 7) is 0.509. The van der Waals surface area contributed by atoms with Gasteiger partial charge in [0.2, 0.25) is 0 Å². The minimum absolute atomic E-state index is 0.170. The number of nitrogens with one attached hydrogen (secondary N) is 1. The van der Waals surface area contributed by atoms with Crippen molar-refractivity contribution in [2.24, 2.45) is 0 Å². The van der Waals surface area contributed by atoms with Crippen molar-refractivity contribution in [3.05, 3.63) is 88.3 Å². The Labute approximate surface area is 176 Å². The van der Waals surface area contributed by atoms with Crippen LogP contribution < -0.4 is 10.1 Å². The van der Waals surface area contributed by atoms with Gasteiger partial charge in [-0.2, -0.15) is 0 Å². The number of allylic oxidation sites excluding steroid dienone is 4. The number of carbonyl (C=O) groups excluding carboxylic acids is 2. The molecule has 0 saturated heterocycles. The molecule has 0 saturated carbocycles. The molecule has 0 aromatic heterocycles. The Morgan fingerprint density at radius 2 is 1.37 bits per heavy atom. The molecule has 0 amide bonds. The zero-order valence-corrected chi connectivity index (χ0v) is 16.9. The van der Waals surface area contributed by atoms with Crippen molar-refractivity contribution in [3.8, 4) is 5.75 Å². The van der Waals surface area contributed by atoms with Crippen LogP contribution in [0.4, 0.5) is 0 Å². The lowest BCUT2D eigenvalue weighted by Crippen LogP contribution is -2.36. The molecule has 4 nitrogen and oxygen atoms in total. The molecule has 0 atom stereocenters.